The normalized spacial score (nSPS) is 20.9. The molecule has 0 spiro atoms. The van der Waals surface area contributed by atoms with Gasteiger partial charge in [-0.15, -0.1) is 0 Å². The van der Waals surface area contributed by atoms with Gasteiger partial charge in [0.1, 0.15) is 23.1 Å². The van der Waals surface area contributed by atoms with Gasteiger partial charge >= 0.3 is 5.97 Å². The number of rotatable bonds is 5. The second-order valence-corrected chi connectivity index (χ2v) is 9.40. The van der Waals surface area contributed by atoms with Gasteiger partial charge in [0.2, 0.25) is 0 Å². The fraction of sp³-hybridized carbons (Fsp3) is 0.346. The zero-order valence-electron chi connectivity index (χ0n) is 18.6. The largest absolute Gasteiger partial charge is 0.478 e. The van der Waals surface area contributed by atoms with E-state index in [-0.39, 0.29) is 29.5 Å². The third-order valence-electron chi connectivity index (χ3n) is 6.24. The molecule has 0 radical (unpaired) electrons. The lowest BCUT2D eigenvalue weighted by molar-refractivity contribution is -0.131. The highest BCUT2D eigenvalue weighted by Gasteiger charge is 2.43. The Morgan fingerprint density at radius 1 is 1.18 bits per heavy atom. The molecule has 0 aromatic heterocycles. The van der Waals surface area contributed by atoms with Crippen molar-refractivity contribution >= 4 is 17.6 Å². The zero-order chi connectivity index (χ0) is 24.1. The van der Waals surface area contributed by atoms with Gasteiger partial charge in [0.15, 0.2) is 0 Å². The second-order valence-electron chi connectivity index (χ2n) is 9.40. The first-order valence-electron chi connectivity index (χ1n) is 10.8. The molecule has 1 N–H and O–H groups in total. The molecule has 1 aliphatic carbocycles. The van der Waals surface area contributed by atoms with E-state index in [0.717, 1.165) is 46.6 Å². The summed E-state index contributed by atoms with van der Waals surface area (Å²) in [5, 5.41) is 8.80. The molecule has 33 heavy (non-hydrogen) atoms. The van der Waals surface area contributed by atoms with Gasteiger partial charge < -0.3 is 5.11 Å². The van der Waals surface area contributed by atoms with Crippen molar-refractivity contribution in [2.45, 2.75) is 51.4 Å². The van der Waals surface area contributed by atoms with E-state index in [1.165, 1.54) is 26.0 Å². The zero-order valence-corrected chi connectivity index (χ0v) is 18.6. The summed E-state index contributed by atoms with van der Waals surface area (Å²) in [6.07, 6.45) is 2.83. The van der Waals surface area contributed by atoms with Crippen molar-refractivity contribution in [2.75, 3.05) is 6.54 Å². The molecule has 1 aliphatic heterocycles. The van der Waals surface area contributed by atoms with E-state index < -0.39 is 29.3 Å². The summed E-state index contributed by atoms with van der Waals surface area (Å²) in [5.41, 5.74) is 1.46. The van der Waals surface area contributed by atoms with Gasteiger partial charge in [-0.1, -0.05) is 6.07 Å². The molecule has 3 nitrogen and oxygen atoms in total. The van der Waals surface area contributed by atoms with E-state index >= 15 is 8.78 Å². The van der Waals surface area contributed by atoms with Gasteiger partial charge in [-0.25, -0.2) is 22.4 Å². The van der Waals surface area contributed by atoms with Crippen LogP contribution < -0.4 is 0 Å². The number of hydrogen-bond acceptors (Lipinski definition) is 2. The number of fused-ring (bicyclic) bond motifs is 2. The average molecular weight is 459 g/mol. The van der Waals surface area contributed by atoms with Crippen LogP contribution in [0.15, 0.2) is 42.0 Å². The van der Waals surface area contributed by atoms with Crippen LogP contribution in [0.5, 0.6) is 0 Å². The van der Waals surface area contributed by atoms with Crippen LogP contribution >= 0.6 is 0 Å². The summed E-state index contributed by atoms with van der Waals surface area (Å²) in [6.45, 7) is 4.68. The maximum absolute atomic E-state index is 15.4. The summed E-state index contributed by atoms with van der Waals surface area (Å²) in [7, 11) is 0. The molecule has 4 rings (SSSR count). The highest BCUT2D eigenvalue weighted by Crippen LogP contribution is 2.50. The quantitative estimate of drug-likeness (QED) is 0.434. The first-order chi connectivity index (χ1) is 15.4. The average Bonchev–Trinajstić information content (AvgIpc) is 3.04. The molecule has 1 unspecified atom stereocenters. The van der Waals surface area contributed by atoms with Crippen molar-refractivity contribution < 1.29 is 27.5 Å². The Bertz CT molecular complexity index is 1160. The second kappa shape index (κ2) is 8.45. The van der Waals surface area contributed by atoms with Gasteiger partial charge in [0.05, 0.1) is 6.04 Å². The van der Waals surface area contributed by atoms with Gasteiger partial charge in [-0.3, -0.25) is 4.90 Å². The summed E-state index contributed by atoms with van der Waals surface area (Å²) < 4.78 is 59.5. The minimum absolute atomic E-state index is 0.0418. The van der Waals surface area contributed by atoms with Crippen molar-refractivity contribution in [3.8, 4) is 0 Å². The molecule has 2 aliphatic rings. The lowest BCUT2D eigenvalue weighted by atomic mass is 9.83. The standard InChI is InChI=1S/C26H25F4NO2/c1-14-8-19-18-12-17(27)6-5-16(18)11-20(19)25(31(14)13-26(2,3)30)24-21(28)9-15(10-22(24)29)4-7-23(32)33/h4-7,9-10,12,14,25H,8,11,13H2,1-3H3,(H,32,33)/b7-4+/t14-,25?/m1/s1. The summed E-state index contributed by atoms with van der Waals surface area (Å²) >= 11 is 0. The van der Waals surface area contributed by atoms with Crippen molar-refractivity contribution in [1.82, 2.24) is 4.90 Å². The third-order valence-corrected chi connectivity index (χ3v) is 6.24. The van der Waals surface area contributed by atoms with E-state index in [9.17, 15) is 13.6 Å². The van der Waals surface area contributed by atoms with Crippen molar-refractivity contribution in [3.05, 3.63) is 81.7 Å². The lowest BCUT2D eigenvalue weighted by Crippen LogP contribution is -2.47. The molecule has 2 atom stereocenters. The highest BCUT2D eigenvalue weighted by atomic mass is 19.1. The number of carboxylic acid groups (broad SMARTS) is 1. The molecule has 2 aromatic rings. The van der Waals surface area contributed by atoms with Crippen LogP contribution in [-0.2, 0) is 11.2 Å². The summed E-state index contributed by atoms with van der Waals surface area (Å²) in [4.78, 5) is 12.5. The Labute approximate surface area is 190 Å². The van der Waals surface area contributed by atoms with Crippen molar-refractivity contribution in [1.29, 1.82) is 0 Å². The third kappa shape index (κ3) is 4.60. The predicted molar refractivity (Wildman–Crippen MR) is 119 cm³/mol. The molecular weight excluding hydrogens is 434 g/mol. The minimum Gasteiger partial charge on any atom is -0.478 e. The molecule has 0 bridgehead atoms. The van der Waals surface area contributed by atoms with E-state index in [4.69, 9.17) is 5.11 Å². The number of carbonyl (C=O) groups is 1. The Morgan fingerprint density at radius 2 is 1.85 bits per heavy atom. The fourth-order valence-corrected chi connectivity index (χ4v) is 4.99. The van der Waals surface area contributed by atoms with Crippen LogP contribution in [0.4, 0.5) is 17.6 Å². The Hall–Kier alpha value is -2.93. The van der Waals surface area contributed by atoms with Crippen LogP contribution in [0.1, 0.15) is 55.5 Å². The van der Waals surface area contributed by atoms with Crippen molar-refractivity contribution in [3.63, 3.8) is 0 Å². The maximum atomic E-state index is 15.4. The number of aliphatic carboxylic acids is 1. The van der Waals surface area contributed by atoms with Crippen molar-refractivity contribution in [2.24, 2.45) is 0 Å². The van der Waals surface area contributed by atoms with Crippen LogP contribution in [0.3, 0.4) is 0 Å². The van der Waals surface area contributed by atoms with Gasteiger partial charge in [-0.05, 0) is 91.8 Å². The Balaban J connectivity index is 1.87. The molecule has 2 aromatic carbocycles. The summed E-state index contributed by atoms with van der Waals surface area (Å²) in [5.74, 6) is -3.29. The monoisotopic (exact) mass is 459 g/mol. The fourth-order valence-electron chi connectivity index (χ4n) is 4.99. The molecule has 1 heterocycles. The lowest BCUT2D eigenvalue weighted by Gasteiger charge is -2.44. The number of alkyl halides is 1. The minimum atomic E-state index is -1.61. The first kappa shape index (κ1) is 23.2. The highest BCUT2D eigenvalue weighted by molar-refractivity contribution is 5.85. The van der Waals surface area contributed by atoms with Crippen LogP contribution in [0.2, 0.25) is 0 Å². The van der Waals surface area contributed by atoms with Crippen LogP contribution in [0, 0.1) is 17.5 Å². The molecular formula is C26H25F4NO2. The smallest absolute Gasteiger partial charge is 0.328 e. The molecule has 7 heteroatoms. The van der Waals surface area contributed by atoms with Gasteiger partial charge in [0.25, 0.3) is 0 Å². The van der Waals surface area contributed by atoms with Crippen LogP contribution in [-0.4, -0.2) is 34.2 Å². The molecule has 0 saturated heterocycles. The number of nitrogens with zero attached hydrogens (tertiary/aromatic N) is 1. The Kier molecular flexibility index (Phi) is 5.95. The van der Waals surface area contributed by atoms with E-state index in [1.807, 2.05) is 6.92 Å². The van der Waals surface area contributed by atoms with E-state index in [1.54, 1.807) is 11.0 Å². The van der Waals surface area contributed by atoms with E-state index in [2.05, 4.69) is 0 Å². The first-order valence-corrected chi connectivity index (χ1v) is 10.8. The topological polar surface area (TPSA) is 40.5 Å². The van der Waals surface area contributed by atoms with Crippen LogP contribution in [0.25, 0.3) is 11.6 Å². The predicted octanol–water partition coefficient (Wildman–Crippen LogP) is 6.10. The number of hydrogen-bond donors (Lipinski definition) is 1. The number of carboxylic acids is 1. The molecule has 174 valence electrons. The molecule has 0 saturated carbocycles. The number of benzene rings is 2. The number of halogens is 4. The Morgan fingerprint density at radius 3 is 2.45 bits per heavy atom. The van der Waals surface area contributed by atoms with E-state index in [0.29, 0.717) is 12.8 Å². The SMILES string of the molecule is C[C@@H]1CC2=C(Cc3ccc(F)cc32)C(c2c(F)cc(/C=C/C(=O)O)cc2F)N1CC(C)(C)F. The molecule has 0 fully saturated rings. The van der Waals surface area contributed by atoms with Gasteiger partial charge in [-0.2, -0.15) is 0 Å². The van der Waals surface area contributed by atoms with Gasteiger partial charge in [0, 0.05) is 24.2 Å². The maximum Gasteiger partial charge on any atom is 0.328 e. The molecule has 0 amide bonds. The summed E-state index contributed by atoms with van der Waals surface area (Å²) in [6, 6.07) is 5.54.